The van der Waals surface area contributed by atoms with Crippen LogP contribution in [-0.4, -0.2) is 56.3 Å². The van der Waals surface area contributed by atoms with E-state index in [0.29, 0.717) is 22.9 Å². The highest BCUT2D eigenvalue weighted by Gasteiger charge is 2.33. The highest BCUT2D eigenvalue weighted by atomic mass is 35.5. The van der Waals surface area contributed by atoms with Crippen molar-refractivity contribution in [3.8, 4) is 11.5 Å². The molecule has 0 saturated carbocycles. The van der Waals surface area contributed by atoms with Crippen molar-refractivity contribution in [3.63, 3.8) is 0 Å². The number of nitrogens with zero attached hydrogens (tertiary/aromatic N) is 2. The second-order valence-corrected chi connectivity index (χ2v) is 11.5. The van der Waals surface area contributed by atoms with Gasteiger partial charge in [-0.25, -0.2) is 8.42 Å². The van der Waals surface area contributed by atoms with Crippen LogP contribution in [0.25, 0.3) is 0 Å². The lowest BCUT2D eigenvalue weighted by Crippen LogP contribution is -2.53. The molecule has 2 atom stereocenters. The Balaban J connectivity index is 1.96. The molecule has 0 radical (unpaired) electrons. The van der Waals surface area contributed by atoms with Crippen molar-refractivity contribution in [2.75, 3.05) is 23.4 Å². The van der Waals surface area contributed by atoms with Gasteiger partial charge in [0.2, 0.25) is 28.6 Å². The number of amides is 2. The van der Waals surface area contributed by atoms with Gasteiger partial charge < -0.3 is 19.7 Å². The van der Waals surface area contributed by atoms with Crippen molar-refractivity contribution < 1.29 is 27.5 Å². The summed E-state index contributed by atoms with van der Waals surface area (Å²) in [5, 5.41) is 3.50. The standard InChI is InChI=1S/C26H34ClN3O6S/c1-5-18(4)28-26(32)22(6-2)29(15-19-8-10-20(27)11-9-19)25(31)16-30(37(33,34)7-3)21-12-13-23-24(14-21)36-17-35-23/h8-14,18,22H,5-7,15-17H2,1-4H3,(H,28,32)/t18-,22+/m1/s1. The highest BCUT2D eigenvalue weighted by molar-refractivity contribution is 7.92. The first-order valence-electron chi connectivity index (χ1n) is 12.3. The third-order valence-corrected chi connectivity index (χ3v) is 8.27. The Morgan fingerprint density at radius 1 is 1.03 bits per heavy atom. The maximum atomic E-state index is 13.8. The average molecular weight is 552 g/mol. The highest BCUT2D eigenvalue weighted by Crippen LogP contribution is 2.36. The van der Waals surface area contributed by atoms with Crippen molar-refractivity contribution in [1.29, 1.82) is 0 Å². The summed E-state index contributed by atoms with van der Waals surface area (Å²) in [6, 6.07) is 10.8. The molecule has 9 nitrogen and oxygen atoms in total. The molecule has 202 valence electrons. The third kappa shape index (κ3) is 7.07. The van der Waals surface area contributed by atoms with Gasteiger partial charge in [-0.1, -0.05) is 37.6 Å². The summed E-state index contributed by atoms with van der Waals surface area (Å²) < 4.78 is 38.0. The van der Waals surface area contributed by atoms with Gasteiger partial charge in [0.1, 0.15) is 12.6 Å². The molecular weight excluding hydrogens is 518 g/mol. The molecule has 3 rings (SSSR count). The zero-order valence-corrected chi connectivity index (χ0v) is 23.1. The van der Waals surface area contributed by atoms with Crippen LogP contribution in [0, 0.1) is 0 Å². The fourth-order valence-electron chi connectivity index (χ4n) is 3.91. The largest absolute Gasteiger partial charge is 0.454 e. The van der Waals surface area contributed by atoms with Gasteiger partial charge in [0, 0.05) is 23.7 Å². The first-order valence-corrected chi connectivity index (χ1v) is 14.3. The topological polar surface area (TPSA) is 105 Å². The predicted octanol–water partition coefficient (Wildman–Crippen LogP) is 3.95. The minimum Gasteiger partial charge on any atom is -0.454 e. The molecule has 1 N–H and O–H groups in total. The molecule has 11 heteroatoms. The van der Waals surface area contributed by atoms with Gasteiger partial charge in [-0.05, 0) is 56.5 Å². The number of hydrogen-bond donors (Lipinski definition) is 1. The Bertz CT molecular complexity index is 1210. The van der Waals surface area contributed by atoms with Crippen LogP contribution in [0.3, 0.4) is 0 Å². The summed E-state index contributed by atoms with van der Waals surface area (Å²) in [7, 11) is -3.84. The number of ether oxygens (including phenoxy) is 2. The summed E-state index contributed by atoms with van der Waals surface area (Å²) in [4.78, 5) is 28.4. The average Bonchev–Trinajstić information content (AvgIpc) is 3.36. The minimum atomic E-state index is -3.84. The van der Waals surface area contributed by atoms with Gasteiger partial charge in [0.15, 0.2) is 11.5 Å². The molecule has 0 unspecified atom stereocenters. The number of anilines is 1. The third-order valence-electron chi connectivity index (χ3n) is 6.28. The van der Waals surface area contributed by atoms with Crippen molar-refractivity contribution in [2.45, 2.75) is 59.2 Å². The minimum absolute atomic E-state index is 0.0383. The van der Waals surface area contributed by atoms with Crippen molar-refractivity contribution in [1.82, 2.24) is 10.2 Å². The molecule has 0 aliphatic carbocycles. The Labute approximate surface area is 223 Å². The lowest BCUT2D eigenvalue weighted by molar-refractivity contribution is -0.140. The molecule has 1 heterocycles. The Kier molecular flexibility index (Phi) is 9.67. The lowest BCUT2D eigenvalue weighted by Gasteiger charge is -2.33. The van der Waals surface area contributed by atoms with E-state index in [0.717, 1.165) is 16.3 Å². The van der Waals surface area contributed by atoms with Gasteiger partial charge in [0.25, 0.3) is 0 Å². The number of fused-ring (bicyclic) bond motifs is 1. The van der Waals surface area contributed by atoms with E-state index in [1.165, 1.54) is 11.8 Å². The molecule has 0 aromatic heterocycles. The van der Waals surface area contributed by atoms with Crippen LogP contribution in [0.4, 0.5) is 5.69 Å². The molecule has 2 aromatic carbocycles. The van der Waals surface area contributed by atoms with E-state index in [-0.39, 0.29) is 36.7 Å². The molecule has 37 heavy (non-hydrogen) atoms. The number of halogens is 1. The monoisotopic (exact) mass is 551 g/mol. The van der Waals surface area contributed by atoms with Crippen LogP contribution in [0.15, 0.2) is 42.5 Å². The van der Waals surface area contributed by atoms with Crippen molar-refractivity contribution >= 4 is 39.1 Å². The number of benzene rings is 2. The second kappa shape index (κ2) is 12.5. The molecule has 1 aliphatic heterocycles. The number of carbonyl (C=O) groups is 2. The summed E-state index contributed by atoms with van der Waals surface area (Å²) >= 11 is 6.03. The van der Waals surface area contributed by atoms with E-state index in [9.17, 15) is 18.0 Å². The quantitative estimate of drug-likeness (QED) is 0.428. The predicted molar refractivity (Wildman–Crippen MR) is 143 cm³/mol. The number of hydrogen-bond acceptors (Lipinski definition) is 6. The van der Waals surface area contributed by atoms with Crippen LogP contribution in [0.2, 0.25) is 5.02 Å². The van der Waals surface area contributed by atoms with E-state index in [1.807, 2.05) is 20.8 Å². The number of sulfonamides is 1. The van der Waals surface area contributed by atoms with Gasteiger partial charge in [-0.15, -0.1) is 0 Å². The summed E-state index contributed by atoms with van der Waals surface area (Å²) in [6.45, 7) is 6.87. The van der Waals surface area contributed by atoms with Crippen LogP contribution < -0.4 is 19.1 Å². The van der Waals surface area contributed by atoms with Gasteiger partial charge >= 0.3 is 0 Å². The molecule has 0 fully saturated rings. The van der Waals surface area contributed by atoms with Crippen LogP contribution in [0.1, 0.15) is 46.1 Å². The Morgan fingerprint density at radius 2 is 1.70 bits per heavy atom. The number of carbonyl (C=O) groups excluding carboxylic acids is 2. The Morgan fingerprint density at radius 3 is 2.32 bits per heavy atom. The van der Waals surface area contributed by atoms with E-state index in [4.69, 9.17) is 21.1 Å². The molecular formula is C26H34ClN3O6S. The normalized spacial score (nSPS) is 14.1. The van der Waals surface area contributed by atoms with Crippen LogP contribution in [-0.2, 0) is 26.2 Å². The second-order valence-electron chi connectivity index (χ2n) is 8.83. The smallest absolute Gasteiger partial charge is 0.244 e. The molecule has 2 amide bonds. The first kappa shape index (κ1) is 28.6. The lowest BCUT2D eigenvalue weighted by atomic mass is 10.1. The van der Waals surface area contributed by atoms with E-state index >= 15 is 0 Å². The van der Waals surface area contributed by atoms with Crippen LogP contribution >= 0.6 is 11.6 Å². The molecule has 0 saturated heterocycles. The number of nitrogens with one attached hydrogen (secondary N) is 1. The van der Waals surface area contributed by atoms with Gasteiger partial charge in [-0.3, -0.25) is 13.9 Å². The zero-order chi connectivity index (χ0) is 27.2. The van der Waals surface area contributed by atoms with Crippen molar-refractivity contribution in [3.05, 3.63) is 53.1 Å². The fraction of sp³-hybridized carbons (Fsp3) is 0.462. The Hall–Kier alpha value is -2.98. The van der Waals surface area contributed by atoms with Crippen molar-refractivity contribution in [2.24, 2.45) is 0 Å². The maximum Gasteiger partial charge on any atom is 0.244 e. The molecule has 2 aromatic rings. The zero-order valence-electron chi connectivity index (χ0n) is 21.6. The van der Waals surface area contributed by atoms with Gasteiger partial charge in [-0.2, -0.15) is 0 Å². The van der Waals surface area contributed by atoms with E-state index in [2.05, 4.69) is 5.32 Å². The fourth-order valence-corrected chi connectivity index (χ4v) is 5.09. The summed E-state index contributed by atoms with van der Waals surface area (Å²) in [5.74, 6) is -0.0972. The summed E-state index contributed by atoms with van der Waals surface area (Å²) in [6.07, 6.45) is 1.09. The van der Waals surface area contributed by atoms with Crippen LogP contribution in [0.5, 0.6) is 11.5 Å². The van der Waals surface area contributed by atoms with E-state index in [1.54, 1.807) is 42.5 Å². The first-order chi connectivity index (χ1) is 17.6. The molecule has 1 aliphatic rings. The SMILES string of the molecule is CC[C@@H](C)NC(=O)[C@H](CC)N(Cc1ccc(Cl)cc1)C(=O)CN(c1ccc2c(c1)OCO2)S(=O)(=O)CC. The van der Waals surface area contributed by atoms with E-state index < -0.39 is 28.5 Å². The molecule has 0 bridgehead atoms. The number of rotatable bonds is 12. The van der Waals surface area contributed by atoms with Gasteiger partial charge in [0.05, 0.1) is 11.4 Å². The molecule has 0 spiro atoms. The summed E-state index contributed by atoms with van der Waals surface area (Å²) in [5.41, 5.74) is 1.04. The maximum absolute atomic E-state index is 13.8.